The molecule has 0 unspecified atom stereocenters. The van der Waals surface area contributed by atoms with Gasteiger partial charge in [0.25, 0.3) is 0 Å². The fourth-order valence-corrected chi connectivity index (χ4v) is 3.79. The molecule has 1 aliphatic heterocycles. The molecule has 1 fully saturated rings. The van der Waals surface area contributed by atoms with Crippen LogP contribution in [0.3, 0.4) is 0 Å². The molecule has 6 heteroatoms. The molecule has 26 heavy (non-hydrogen) atoms. The summed E-state index contributed by atoms with van der Waals surface area (Å²) in [5.41, 5.74) is 2.50. The molecular formula is C20H26N6+2. The lowest BCUT2D eigenvalue weighted by Gasteiger charge is -2.32. The summed E-state index contributed by atoms with van der Waals surface area (Å²) >= 11 is 0. The van der Waals surface area contributed by atoms with Crippen LogP contribution in [-0.4, -0.2) is 53.4 Å². The number of hydrogen-bond donors (Lipinski definition) is 2. The number of nitrogens with one attached hydrogen (secondary N) is 2. The van der Waals surface area contributed by atoms with Crippen molar-refractivity contribution < 1.29 is 9.80 Å². The van der Waals surface area contributed by atoms with Crippen LogP contribution in [0.2, 0.25) is 0 Å². The molecule has 6 nitrogen and oxygen atoms in total. The van der Waals surface area contributed by atoms with Gasteiger partial charge in [0.2, 0.25) is 5.82 Å². The fourth-order valence-electron chi connectivity index (χ4n) is 3.79. The lowest BCUT2D eigenvalue weighted by Crippen LogP contribution is -3.27. The highest BCUT2D eigenvalue weighted by Crippen LogP contribution is 2.17. The monoisotopic (exact) mass is 350 g/mol. The SMILES string of the molecule is C[NH+]1CC[NH+]([C@H](c2ccccc2)c2nnnn2Cc2ccccc2)CC1. The number of nitrogens with zero attached hydrogens (tertiary/aromatic N) is 4. The minimum absolute atomic E-state index is 0.169. The van der Waals surface area contributed by atoms with Crippen molar-refractivity contribution in [2.45, 2.75) is 12.6 Å². The number of likely N-dealkylation sites (N-methyl/N-ethyl adjacent to an activating group) is 1. The summed E-state index contributed by atoms with van der Waals surface area (Å²) in [6.45, 7) is 5.32. The van der Waals surface area contributed by atoms with Crippen LogP contribution in [0.25, 0.3) is 0 Å². The molecule has 1 aromatic heterocycles. The van der Waals surface area contributed by atoms with E-state index in [1.165, 1.54) is 24.2 Å². The summed E-state index contributed by atoms with van der Waals surface area (Å²) in [7, 11) is 2.27. The summed E-state index contributed by atoms with van der Waals surface area (Å²) < 4.78 is 1.96. The predicted molar refractivity (Wildman–Crippen MR) is 99.0 cm³/mol. The number of aromatic nitrogens is 4. The van der Waals surface area contributed by atoms with Gasteiger partial charge in [-0.05, 0) is 16.0 Å². The fraction of sp³-hybridized carbons (Fsp3) is 0.350. The van der Waals surface area contributed by atoms with E-state index in [1.54, 1.807) is 9.80 Å². The van der Waals surface area contributed by atoms with E-state index in [0.717, 1.165) is 18.9 Å². The van der Waals surface area contributed by atoms with E-state index in [0.29, 0.717) is 6.54 Å². The third kappa shape index (κ3) is 3.66. The minimum atomic E-state index is 0.169. The van der Waals surface area contributed by atoms with E-state index in [9.17, 15) is 0 Å². The maximum Gasteiger partial charge on any atom is 0.214 e. The number of quaternary nitrogens is 2. The highest BCUT2D eigenvalue weighted by molar-refractivity contribution is 5.23. The van der Waals surface area contributed by atoms with E-state index in [4.69, 9.17) is 0 Å². The van der Waals surface area contributed by atoms with Crippen LogP contribution in [-0.2, 0) is 6.54 Å². The molecule has 0 radical (unpaired) electrons. The summed E-state index contributed by atoms with van der Waals surface area (Å²) in [4.78, 5) is 3.15. The lowest BCUT2D eigenvalue weighted by molar-refractivity contribution is -1.02. The van der Waals surface area contributed by atoms with Gasteiger partial charge < -0.3 is 9.80 Å². The van der Waals surface area contributed by atoms with Gasteiger partial charge in [0, 0.05) is 5.56 Å². The molecule has 1 atom stereocenters. The van der Waals surface area contributed by atoms with E-state index in [2.05, 4.69) is 77.2 Å². The Kier molecular flexibility index (Phi) is 5.04. The summed E-state index contributed by atoms with van der Waals surface area (Å²) in [5, 5.41) is 12.8. The van der Waals surface area contributed by atoms with Gasteiger partial charge in [-0.1, -0.05) is 60.7 Å². The average molecular weight is 350 g/mol. The zero-order valence-electron chi connectivity index (χ0n) is 15.2. The van der Waals surface area contributed by atoms with Gasteiger partial charge in [0.1, 0.15) is 26.2 Å². The maximum absolute atomic E-state index is 4.46. The molecular weight excluding hydrogens is 324 g/mol. The topological polar surface area (TPSA) is 52.5 Å². The van der Waals surface area contributed by atoms with E-state index < -0.39 is 0 Å². The Morgan fingerprint density at radius 3 is 2.27 bits per heavy atom. The Morgan fingerprint density at radius 2 is 1.58 bits per heavy atom. The van der Waals surface area contributed by atoms with Gasteiger partial charge in [-0.25, -0.2) is 4.68 Å². The zero-order valence-corrected chi connectivity index (χ0v) is 15.2. The summed E-state index contributed by atoms with van der Waals surface area (Å²) in [5.74, 6) is 0.953. The molecule has 1 aliphatic rings. The number of rotatable bonds is 5. The molecule has 134 valence electrons. The summed E-state index contributed by atoms with van der Waals surface area (Å²) in [6.07, 6.45) is 0. The van der Waals surface area contributed by atoms with Crippen molar-refractivity contribution in [3.8, 4) is 0 Å². The smallest absolute Gasteiger partial charge is 0.214 e. The van der Waals surface area contributed by atoms with Gasteiger partial charge in [-0.3, -0.25) is 0 Å². The molecule has 0 spiro atoms. The molecule has 0 amide bonds. The number of tetrazole rings is 1. The van der Waals surface area contributed by atoms with Gasteiger partial charge in [-0.15, -0.1) is 5.10 Å². The Balaban J connectivity index is 1.67. The third-order valence-corrected chi connectivity index (χ3v) is 5.28. The van der Waals surface area contributed by atoms with E-state index in [-0.39, 0.29) is 6.04 Å². The Bertz CT molecular complexity index is 809. The van der Waals surface area contributed by atoms with E-state index in [1.807, 2.05) is 10.7 Å². The van der Waals surface area contributed by atoms with Gasteiger partial charge in [-0.2, -0.15) is 0 Å². The van der Waals surface area contributed by atoms with Crippen molar-refractivity contribution in [1.82, 2.24) is 20.2 Å². The quantitative estimate of drug-likeness (QED) is 0.635. The first-order chi connectivity index (χ1) is 12.8. The third-order valence-electron chi connectivity index (χ3n) is 5.28. The molecule has 0 saturated carbocycles. The van der Waals surface area contributed by atoms with Gasteiger partial charge in [0.15, 0.2) is 6.04 Å². The van der Waals surface area contributed by atoms with Crippen LogP contribution in [0.15, 0.2) is 60.7 Å². The first-order valence-electron chi connectivity index (χ1n) is 9.32. The van der Waals surface area contributed by atoms with Crippen LogP contribution >= 0.6 is 0 Å². The summed E-state index contributed by atoms with van der Waals surface area (Å²) in [6, 6.07) is 21.2. The highest BCUT2D eigenvalue weighted by Gasteiger charge is 2.34. The standard InChI is InChI=1S/C20H24N6/c1-24-12-14-25(15-13-24)19(18-10-6-3-7-11-18)20-21-22-23-26(20)16-17-8-4-2-5-9-17/h2-11,19H,12-16H2,1H3/p+2/t19-/m1/s1. The van der Waals surface area contributed by atoms with Crippen molar-refractivity contribution in [1.29, 1.82) is 0 Å². The van der Waals surface area contributed by atoms with Crippen molar-refractivity contribution in [2.75, 3.05) is 33.2 Å². The first-order valence-corrected chi connectivity index (χ1v) is 9.32. The van der Waals surface area contributed by atoms with Crippen molar-refractivity contribution >= 4 is 0 Å². The molecule has 0 aliphatic carbocycles. The Morgan fingerprint density at radius 1 is 0.923 bits per heavy atom. The molecule has 1 saturated heterocycles. The average Bonchev–Trinajstić information content (AvgIpc) is 3.13. The second kappa shape index (κ2) is 7.76. The maximum atomic E-state index is 4.46. The van der Waals surface area contributed by atoms with Crippen LogP contribution < -0.4 is 9.80 Å². The molecule has 2 aromatic carbocycles. The number of piperazine rings is 1. The second-order valence-electron chi connectivity index (χ2n) is 7.14. The van der Waals surface area contributed by atoms with Crippen LogP contribution in [0.1, 0.15) is 23.0 Å². The zero-order chi connectivity index (χ0) is 17.8. The number of hydrogen-bond acceptors (Lipinski definition) is 3. The Hall–Kier alpha value is -2.57. The Labute approximate surface area is 154 Å². The largest absolute Gasteiger partial charge is 0.328 e. The molecule has 2 heterocycles. The predicted octanol–water partition coefficient (Wildman–Crippen LogP) is -0.776. The van der Waals surface area contributed by atoms with Crippen LogP contribution in [0.5, 0.6) is 0 Å². The van der Waals surface area contributed by atoms with Crippen molar-refractivity contribution in [3.63, 3.8) is 0 Å². The molecule has 3 aromatic rings. The van der Waals surface area contributed by atoms with Crippen molar-refractivity contribution in [2.24, 2.45) is 0 Å². The van der Waals surface area contributed by atoms with Gasteiger partial charge >= 0.3 is 0 Å². The van der Waals surface area contributed by atoms with Gasteiger partial charge in [0.05, 0.1) is 13.6 Å². The minimum Gasteiger partial charge on any atom is -0.328 e. The van der Waals surface area contributed by atoms with E-state index >= 15 is 0 Å². The van der Waals surface area contributed by atoms with Crippen LogP contribution in [0.4, 0.5) is 0 Å². The lowest BCUT2D eigenvalue weighted by atomic mass is 10.0. The first kappa shape index (κ1) is 16.9. The number of benzene rings is 2. The normalized spacial score (nSPS) is 21.4. The second-order valence-corrected chi connectivity index (χ2v) is 7.14. The highest BCUT2D eigenvalue weighted by atomic mass is 15.6. The molecule has 2 N–H and O–H groups in total. The van der Waals surface area contributed by atoms with Crippen LogP contribution in [0, 0.1) is 0 Å². The molecule has 0 bridgehead atoms. The molecule has 4 rings (SSSR count). The van der Waals surface area contributed by atoms with Crippen molar-refractivity contribution in [3.05, 3.63) is 77.6 Å².